The highest BCUT2D eigenvalue weighted by atomic mass is 35.5. The zero-order valence-corrected chi connectivity index (χ0v) is 9.44. The molecule has 2 amide bonds. The number of rotatable bonds is 6. The summed E-state index contributed by atoms with van der Waals surface area (Å²) >= 11 is 11.1. The van der Waals surface area contributed by atoms with Crippen molar-refractivity contribution in [1.82, 2.24) is 5.32 Å². The molecule has 6 heteroatoms. The number of halogens is 2. The maximum Gasteiger partial charge on any atom is 0.239 e. The average molecular weight is 241 g/mol. The summed E-state index contributed by atoms with van der Waals surface area (Å²) in [6.07, 6.45) is 0.815. The number of nitrogens with two attached hydrogens (primary N) is 1. The first kappa shape index (κ1) is 13.5. The van der Waals surface area contributed by atoms with E-state index in [1.54, 1.807) is 6.92 Å². The summed E-state index contributed by atoms with van der Waals surface area (Å²) < 4.78 is 0. The summed E-state index contributed by atoms with van der Waals surface area (Å²) in [5.41, 5.74) is 5.05. The molecule has 3 N–H and O–H groups in total. The molecule has 2 atom stereocenters. The Morgan fingerprint density at radius 1 is 1.50 bits per heavy atom. The number of alkyl halides is 2. The van der Waals surface area contributed by atoms with Gasteiger partial charge in [0.1, 0.15) is 11.4 Å². The van der Waals surface area contributed by atoms with Crippen molar-refractivity contribution < 1.29 is 9.59 Å². The quantitative estimate of drug-likeness (QED) is 0.668. The van der Waals surface area contributed by atoms with Gasteiger partial charge in [0.2, 0.25) is 11.8 Å². The van der Waals surface area contributed by atoms with E-state index in [0.29, 0.717) is 18.7 Å². The van der Waals surface area contributed by atoms with Crippen molar-refractivity contribution in [2.24, 2.45) is 5.73 Å². The van der Waals surface area contributed by atoms with Crippen LogP contribution in [-0.4, -0.2) is 29.1 Å². The number of primary amides is 1. The molecular formula is C8H14Cl2N2O2. The third-order valence-electron chi connectivity index (χ3n) is 1.72. The van der Waals surface area contributed by atoms with Crippen molar-refractivity contribution in [2.45, 2.75) is 31.2 Å². The molecule has 0 aromatic heterocycles. The number of amides is 2. The van der Waals surface area contributed by atoms with Crippen LogP contribution in [0, 0.1) is 0 Å². The molecule has 0 aromatic carbocycles. The van der Waals surface area contributed by atoms with Gasteiger partial charge in [0.05, 0.1) is 0 Å². The van der Waals surface area contributed by atoms with Gasteiger partial charge in [-0.1, -0.05) is 6.92 Å². The van der Waals surface area contributed by atoms with Gasteiger partial charge < -0.3 is 11.1 Å². The van der Waals surface area contributed by atoms with Crippen molar-refractivity contribution in [3.63, 3.8) is 0 Å². The minimum absolute atomic E-state index is 0.301. The molecule has 0 spiro atoms. The molecule has 0 rings (SSSR count). The van der Waals surface area contributed by atoms with Crippen molar-refractivity contribution in [3.05, 3.63) is 0 Å². The topological polar surface area (TPSA) is 72.2 Å². The highest BCUT2D eigenvalue weighted by Gasteiger charge is 2.20. The van der Waals surface area contributed by atoms with Crippen molar-refractivity contribution in [1.29, 1.82) is 0 Å². The van der Waals surface area contributed by atoms with Gasteiger partial charge in [-0.05, 0) is 12.8 Å². The summed E-state index contributed by atoms with van der Waals surface area (Å²) in [6, 6.07) is -0.654. The second kappa shape index (κ2) is 6.90. The van der Waals surface area contributed by atoms with Crippen LogP contribution in [0.2, 0.25) is 0 Å². The van der Waals surface area contributed by atoms with Crippen LogP contribution in [-0.2, 0) is 9.59 Å². The second-order valence-corrected chi connectivity index (χ2v) is 3.72. The van der Waals surface area contributed by atoms with Crippen LogP contribution in [0.25, 0.3) is 0 Å². The molecule has 0 heterocycles. The number of carbonyl (C=O) groups excluding carboxylic acids is 2. The van der Waals surface area contributed by atoms with Gasteiger partial charge in [0.25, 0.3) is 0 Å². The Bertz CT molecular complexity index is 212. The number of carbonyl (C=O) groups is 2. The molecule has 0 aliphatic rings. The maximum absolute atomic E-state index is 11.3. The standard InChI is InChI=1S/C8H14Cl2N2O2/c1-2-6(7(11)13)12-8(14)5(10)3-4-9/h5-6H,2-4H2,1H3,(H2,11,13)(H,12,14)/t5?,6-/m0/s1. The largest absolute Gasteiger partial charge is 0.368 e. The van der Waals surface area contributed by atoms with E-state index in [2.05, 4.69) is 5.32 Å². The monoisotopic (exact) mass is 240 g/mol. The Kier molecular flexibility index (Phi) is 6.66. The van der Waals surface area contributed by atoms with E-state index in [1.807, 2.05) is 0 Å². The fourth-order valence-corrected chi connectivity index (χ4v) is 1.37. The number of hydrogen-bond donors (Lipinski definition) is 2. The lowest BCUT2D eigenvalue weighted by atomic mass is 10.2. The van der Waals surface area contributed by atoms with Gasteiger partial charge in [0, 0.05) is 5.88 Å². The maximum atomic E-state index is 11.3. The third-order valence-corrected chi connectivity index (χ3v) is 2.35. The summed E-state index contributed by atoms with van der Waals surface area (Å²) in [4.78, 5) is 22.1. The average Bonchev–Trinajstić information content (AvgIpc) is 2.13. The molecule has 0 radical (unpaired) electrons. The smallest absolute Gasteiger partial charge is 0.239 e. The van der Waals surface area contributed by atoms with Gasteiger partial charge in [-0.2, -0.15) is 0 Å². The molecule has 0 aliphatic heterocycles. The predicted octanol–water partition coefficient (Wildman–Crippen LogP) is 0.603. The lowest BCUT2D eigenvalue weighted by Gasteiger charge is -2.15. The second-order valence-electron chi connectivity index (χ2n) is 2.82. The lowest BCUT2D eigenvalue weighted by Crippen LogP contribution is -2.46. The van der Waals surface area contributed by atoms with Crippen molar-refractivity contribution in [2.75, 3.05) is 5.88 Å². The Hall–Kier alpha value is -0.480. The van der Waals surface area contributed by atoms with E-state index in [0.717, 1.165) is 0 Å². The van der Waals surface area contributed by atoms with Crippen molar-refractivity contribution in [3.8, 4) is 0 Å². The summed E-state index contributed by atoms with van der Waals surface area (Å²) in [5, 5.41) is 1.74. The number of hydrogen-bond acceptors (Lipinski definition) is 2. The first-order valence-electron chi connectivity index (χ1n) is 4.32. The van der Waals surface area contributed by atoms with Crippen LogP contribution in [0.15, 0.2) is 0 Å². The highest BCUT2D eigenvalue weighted by Crippen LogP contribution is 2.04. The molecule has 1 unspecified atom stereocenters. The van der Waals surface area contributed by atoms with Gasteiger partial charge in [-0.25, -0.2) is 0 Å². The Balaban J connectivity index is 4.08. The molecule has 0 fully saturated rings. The molecule has 0 saturated heterocycles. The van der Waals surface area contributed by atoms with Crippen LogP contribution >= 0.6 is 23.2 Å². The fraction of sp³-hybridized carbons (Fsp3) is 0.750. The fourth-order valence-electron chi connectivity index (χ4n) is 0.863. The zero-order valence-electron chi connectivity index (χ0n) is 7.93. The molecule has 0 aliphatic carbocycles. The van der Waals surface area contributed by atoms with E-state index in [4.69, 9.17) is 28.9 Å². The Morgan fingerprint density at radius 2 is 2.07 bits per heavy atom. The molecule has 0 bridgehead atoms. The van der Waals surface area contributed by atoms with E-state index in [1.165, 1.54) is 0 Å². The molecule has 82 valence electrons. The van der Waals surface area contributed by atoms with Crippen LogP contribution in [0.5, 0.6) is 0 Å². The van der Waals surface area contributed by atoms with Gasteiger partial charge in [0.15, 0.2) is 0 Å². The van der Waals surface area contributed by atoms with E-state index < -0.39 is 23.2 Å². The minimum atomic E-state index is -0.708. The molecular weight excluding hydrogens is 227 g/mol. The van der Waals surface area contributed by atoms with Crippen LogP contribution in [0.1, 0.15) is 19.8 Å². The molecule has 0 aromatic rings. The van der Waals surface area contributed by atoms with Gasteiger partial charge >= 0.3 is 0 Å². The van der Waals surface area contributed by atoms with Crippen LogP contribution in [0.3, 0.4) is 0 Å². The number of nitrogens with one attached hydrogen (secondary N) is 1. The van der Waals surface area contributed by atoms with E-state index >= 15 is 0 Å². The van der Waals surface area contributed by atoms with Crippen LogP contribution in [0.4, 0.5) is 0 Å². The van der Waals surface area contributed by atoms with E-state index in [9.17, 15) is 9.59 Å². The zero-order chi connectivity index (χ0) is 11.1. The molecule has 0 saturated carbocycles. The van der Waals surface area contributed by atoms with Gasteiger partial charge in [-0.15, -0.1) is 23.2 Å². The van der Waals surface area contributed by atoms with E-state index in [-0.39, 0.29) is 0 Å². The van der Waals surface area contributed by atoms with Crippen LogP contribution < -0.4 is 11.1 Å². The first-order valence-corrected chi connectivity index (χ1v) is 5.29. The Labute approximate surface area is 93.1 Å². The van der Waals surface area contributed by atoms with Crippen molar-refractivity contribution >= 4 is 35.0 Å². The minimum Gasteiger partial charge on any atom is -0.368 e. The Morgan fingerprint density at radius 3 is 2.43 bits per heavy atom. The molecule has 4 nitrogen and oxygen atoms in total. The highest BCUT2D eigenvalue weighted by molar-refractivity contribution is 6.31. The molecule has 14 heavy (non-hydrogen) atoms. The lowest BCUT2D eigenvalue weighted by molar-refractivity contribution is -0.127. The predicted molar refractivity (Wildman–Crippen MR) is 56.4 cm³/mol. The first-order chi connectivity index (χ1) is 6.52. The summed E-state index contributed by atoms with van der Waals surface area (Å²) in [5.74, 6) is -0.664. The third kappa shape index (κ3) is 4.67. The van der Waals surface area contributed by atoms with Gasteiger partial charge in [-0.3, -0.25) is 9.59 Å². The summed E-state index contributed by atoms with van der Waals surface area (Å²) in [6.45, 7) is 1.75. The normalized spacial score (nSPS) is 14.5. The SMILES string of the molecule is CC[C@H](NC(=O)C(Cl)CCCl)C(N)=O. The summed E-state index contributed by atoms with van der Waals surface area (Å²) in [7, 11) is 0.